The van der Waals surface area contributed by atoms with Crippen LogP contribution in [0.25, 0.3) is 0 Å². The Morgan fingerprint density at radius 3 is 2.67 bits per heavy atom. The summed E-state index contributed by atoms with van der Waals surface area (Å²) in [7, 11) is 0. The Labute approximate surface area is 129 Å². The second kappa shape index (κ2) is 7.36. The van der Waals surface area contributed by atoms with Gasteiger partial charge in [0.25, 0.3) is 0 Å². The van der Waals surface area contributed by atoms with Gasteiger partial charge in [-0.2, -0.15) is 0 Å². The predicted octanol–water partition coefficient (Wildman–Crippen LogP) is 4.24. The van der Waals surface area contributed by atoms with Gasteiger partial charge in [-0.25, -0.2) is 14.4 Å². The minimum Gasteiger partial charge on any atom is -0.370 e. The Morgan fingerprint density at radius 2 is 2.00 bits per heavy atom. The summed E-state index contributed by atoms with van der Waals surface area (Å²) >= 11 is 6.07. The average Bonchev–Trinajstić information content (AvgIpc) is 2.48. The number of benzene rings is 1. The molecule has 0 fully saturated rings. The van der Waals surface area contributed by atoms with Crippen LogP contribution in [0.15, 0.2) is 24.3 Å². The molecule has 3 nitrogen and oxygen atoms in total. The fraction of sp³-hybridized carbons (Fsp3) is 0.375. The lowest BCUT2D eigenvalue weighted by atomic mass is 10.1. The van der Waals surface area contributed by atoms with E-state index in [2.05, 4.69) is 29.1 Å². The Kier molecular flexibility index (Phi) is 5.51. The Hall–Kier alpha value is -1.68. The topological polar surface area (TPSA) is 37.8 Å². The molecule has 1 heterocycles. The maximum Gasteiger partial charge on any atom is 0.135 e. The molecule has 0 saturated carbocycles. The number of rotatable bonds is 6. The summed E-state index contributed by atoms with van der Waals surface area (Å²) in [6, 6.07) is 6.36. The van der Waals surface area contributed by atoms with Crippen molar-refractivity contribution in [2.24, 2.45) is 0 Å². The number of anilines is 1. The van der Waals surface area contributed by atoms with Gasteiger partial charge in [-0.3, -0.25) is 0 Å². The van der Waals surface area contributed by atoms with Crippen molar-refractivity contribution in [2.75, 3.05) is 11.9 Å². The van der Waals surface area contributed by atoms with Crippen LogP contribution >= 0.6 is 11.6 Å². The molecule has 2 aromatic rings. The summed E-state index contributed by atoms with van der Waals surface area (Å²) < 4.78 is 13.1. The largest absolute Gasteiger partial charge is 0.370 e. The van der Waals surface area contributed by atoms with E-state index >= 15 is 0 Å². The van der Waals surface area contributed by atoms with Crippen LogP contribution in [0.2, 0.25) is 5.02 Å². The third kappa shape index (κ3) is 4.39. The quantitative estimate of drug-likeness (QED) is 0.867. The van der Waals surface area contributed by atoms with E-state index in [0.717, 1.165) is 36.5 Å². The first-order valence-corrected chi connectivity index (χ1v) is 7.54. The first kappa shape index (κ1) is 15.7. The van der Waals surface area contributed by atoms with Gasteiger partial charge < -0.3 is 5.32 Å². The number of aromatic nitrogens is 2. The highest BCUT2D eigenvalue weighted by Gasteiger charge is 2.08. The second-order valence-electron chi connectivity index (χ2n) is 4.85. The number of hydrogen-bond acceptors (Lipinski definition) is 3. The Bertz CT molecular complexity index is 616. The third-order valence-electron chi connectivity index (χ3n) is 3.11. The Balaban J connectivity index is 2.25. The summed E-state index contributed by atoms with van der Waals surface area (Å²) in [4.78, 5) is 9.02. The van der Waals surface area contributed by atoms with Crippen LogP contribution in [0.3, 0.4) is 0 Å². The zero-order valence-electron chi connectivity index (χ0n) is 12.3. The molecule has 0 aliphatic rings. The number of hydrogen-bond donors (Lipinski definition) is 1. The van der Waals surface area contributed by atoms with E-state index in [1.54, 1.807) is 6.07 Å². The number of nitrogens with zero attached hydrogens (tertiary/aromatic N) is 2. The van der Waals surface area contributed by atoms with Crippen LogP contribution in [-0.2, 0) is 12.8 Å². The van der Waals surface area contributed by atoms with Crippen LogP contribution in [0.1, 0.15) is 37.4 Å². The summed E-state index contributed by atoms with van der Waals surface area (Å²) in [5.41, 5.74) is 1.81. The monoisotopic (exact) mass is 307 g/mol. The van der Waals surface area contributed by atoms with Crippen molar-refractivity contribution >= 4 is 17.4 Å². The van der Waals surface area contributed by atoms with Crippen molar-refractivity contribution in [3.05, 3.63) is 52.2 Å². The van der Waals surface area contributed by atoms with Crippen molar-refractivity contribution in [1.82, 2.24) is 9.97 Å². The van der Waals surface area contributed by atoms with Gasteiger partial charge in [-0.1, -0.05) is 31.5 Å². The zero-order valence-corrected chi connectivity index (χ0v) is 13.0. The van der Waals surface area contributed by atoms with Gasteiger partial charge >= 0.3 is 0 Å². The molecule has 0 radical (unpaired) electrons. The van der Waals surface area contributed by atoms with Gasteiger partial charge in [0.2, 0.25) is 0 Å². The highest BCUT2D eigenvalue weighted by atomic mass is 35.5. The van der Waals surface area contributed by atoms with Crippen molar-refractivity contribution in [2.45, 2.75) is 33.1 Å². The molecular weight excluding hydrogens is 289 g/mol. The van der Waals surface area contributed by atoms with Gasteiger partial charge in [0.05, 0.1) is 0 Å². The smallest absolute Gasteiger partial charge is 0.135 e. The summed E-state index contributed by atoms with van der Waals surface area (Å²) in [6.45, 7) is 5.03. The van der Waals surface area contributed by atoms with Crippen LogP contribution < -0.4 is 5.32 Å². The molecule has 0 saturated heterocycles. The van der Waals surface area contributed by atoms with E-state index < -0.39 is 0 Å². The van der Waals surface area contributed by atoms with Crippen LogP contribution in [0.5, 0.6) is 0 Å². The first-order valence-electron chi connectivity index (χ1n) is 7.17. The number of halogens is 2. The maximum absolute atomic E-state index is 13.1. The van der Waals surface area contributed by atoms with Gasteiger partial charge in [0, 0.05) is 29.7 Å². The minimum absolute atomic E-state index is 0.336. The first-order chi connectivity index (χ1) is 10.1. The molecule has 5 heteroatoms. The van der Waals surface area contributed by atoms with Crippen molar-refractivity contribution in [3.63, 3.8) is 0 Å². The van der Waals surface area contributed by atoms with E-state index in [-0.39, 0.29) is 5.82 Å². The van der Waals surface area contributed by atoms with Crippen molar-refractivity contribution in [3.8, 4) is 0 Å². The average molecular weight is 308 g/mol. The molecule has 0 aliphatic carbocycles. The van der Waals surface area contributed by atoms with E-state index in [4.69, 9.17) is 11.6 Å². The minimum atomic E-state index is -0.336. The molecular formula is C16H19ClFN3. The molecule has 0 unspecified atom stereocenters. The molecule has 2 rings (SSSR count). The van der Waals surface area contributed by atoms with Crippen LogP contribution in [0, 0.1) is 5.82 Å². The molecule has 0 bridgehead atoms. The summed E-state index contributed by atoms with van der Waals surface area (Å²) in [5.74, 6) is 1.19. The standard InChI is InChI=1S/C16H19ClFN3/c1-3-7-19-15-10-13(4-2)20-16(21-15)8-11-5-6-12(18)9-14(11)17/h5-6,9-10H,3-4,7-8H2,1-2H3,(H,19,20,21). The molecule has 0 amide bonds. The van der Waals surface area contributed by atoms with Gasteiger partial charge in [0.15, 0.2) is 0 Å². The normalized spacial score (nSPS) is 10.7. The van der Waals surface area contributed by atoms with Crippen molar-refractivity contribution < 1.29 is 4.39 Å². The van der Waals surface area contributed by atoms with Crippen LogP contribution in [-0.4, -0.2) is 16.5 Å². The molecule has 21 heavy (non-hydrogen) atoms. The molecule has 0 aliphatic heterocycles. The van der Waals surface area contributed by atoms with E-state index in [1.165, 1.54) is 12.1 Å². The molecule has 1 aromatic carbocycles. The lowest BCUT2D eigenvalue weighted by molar-refractivity contribution is 0.627. The van der Waals surface area contributed by atoms with Gasteiger partial charge in [0.1, 0.15) is 17.5 Å². The lowest BCUT2D eigenvalue weighted by Gasteiger charge is -2.09. The molecule has 0 spiro atoms. The van der Waals surface area contributed by atoms with E-state index in [0.29, 0.717) is 17.3 Å². The molecule has 112 valence electrons. The van der Waals surface area contributed by atoms with E-state index in [9.17, 15) is 4.39 Å². The lowest BCUT2D eigenvalue weighted by Crippen LogP contribution is -2.07. The molecule has 1 N–H and O–H groups in total. The highest BCUT2D eigenvalue weighted by Crippen LogP contribution is 2.20. The zero-order chi connectivity index (χ0) is 15.2. The fourth-order valence-corrected chi connectivity index (χ4v) is 2.23. The highest BCUT2D eigenvalue weighted by molar-refractivity contribution is 6.31. The van der Waals surface area contributed by atoms with Gasteiger partial charge in [-0.15, -0.1) is 0 Å². The third-order valence-corrected chi connectivity index (χ3v) is 3.46. The van der Waals surface area contributed by atoms with Gasteiger partial charge in [-0.05, 0) is 30.5 Å². The van der Waals surface area contributed by atoms with Crippen LogP contribution in [0.4, 0.5) is 10.2 Å². The van der Waals surface area contributed by atoms with Crippen molar-refractivity contribution in [1.29, 1.82) is 0 Å². The number of aryl methyl sites for hydroxylation is 1. The van der Waals surface area contributed by atoms with E-state index in [1.807, 2.05) is 6.07 Å². The predicted molar refractivity (Wildman–Crippen MR) is 84.4 cm³/mol. The maximum atomic E-state index is 13.1. The summed E-state index contributed by atoms with van der Waals surface area (Å²) in [6.07, 6.45) is 2.37. The molecule has 0 atom stereocenters. The SMILES string of the molecule is CCCNc1cc(CC)nc(Cc2ccc(F)cc2Cl)n1. The summed E-state index contributed by atoms with van der Waals surface area (Å²) in [5, 5.41) is 3.68. The molecule has 1 aromatic heterocycles. The fourth-order valence-electron chi connectivity index (χ4n) is 1.99. The number of nitrogens with one attached hydrogen (secondary N) is 1. The second-order valence-corrected chi connectivity index (χ2v) is 5.26. The Morgan fingerprint density at radius 1 is 1.19 bits per heavy atom.